The molecule has 1 unspecified atom stereocenters. The number of hydrogen-bond donors (Lipinski definition) is 1. The summed E-state index contributed by atoms with van der Waals surface area (Å²) in [6, 6.07) is 3.09. The van der Waals surface area contributed by atoms with Crippen molar-refractivity contribution in [2.45, 2.75) is 51.5 Å². The van der Waals surface area contributed by atoms with Crippen LogP contribution in [0.5, 0.6) is 0 Å². The molecule has 0 saturated heterocycles. The second kappa shape index (κ2) is 6.28. The summed E-state index contributed by atoms with van der Waals surface area (Å²) in [5, 5.41) is 25.2. The van der Waals surface area contributed by atoms with E-state index in [0.29, 0.717) is 0 Å². The van der Waals surface area contributed by atoms with Crippen LogP contribution in [-0.2, 0) is 0 Å². The van der Waals surface area contributed by atoms with Crippen LogP contribution in [0.2, 0.25) is 0 Å². The van der Waals surface area contributed by atoms with Crippen LogP contribution < -0.4 is 5.32 Å². The Labute approximate surface area is 156 Å². The molecular weight excluding hydrogens is 350 g/mol. The molecular formula is C19H23N3O5. The average molecular weight is 373 g/mol. The van der Waals surface area contributed by atoms with Gasteiger partial charge in [0, 0.05) is 12.1 Å². The molecule has 4 aliphatic rings. The Hall–Kier alpha value is -2.51. The summed E-state index contributed by atoms with van der Waals surface area (Å²) in [4.78, 5) is 33.5. The highest BCUT2D eigenvalue weighted by atomic mass is 16.6. The molecule has 27 heavy (non-hydrogen) atoms. The summed E-state index contributed by atoms with van der Waals surface area (Å²) in [6.45, 7) is 2.00. The molecule has 8 nitrogen and oxygen atoms in total. The fourth-order valence-electron chi connectivity index (χ4n) is 6.11. The van der Waals surface area contributed by atoms with E-state index >= 15 is 0 Å². The van der Waals surface area contributed by atoms with Crippen molar-refractivity contribution in [3.8, 4) is 0 Å². The Morgan fingerprint density at radius 1 is 1.07 bits per heavy atom. The first-order valence-corrected chi connectivity index (χ1v) is 9.51. The van der Waals surface area contributed by atoms with Crippen LogP contribution >= 0.6 is 0 Å². The highest BCUT2D eigenvalue weighted by molar-refractivity contribution is 5.98. The minimum atomic E-state index is -0.739. The minimum Gasteiger partial charge on any atom is -0.349 e. The third kappa shape index (κ3) is 3.07. The predicted molar refractivity (Wildman–Crippen MR) is 97.3 cm³/mol. The lowest BCUT2D eigenvalue weighted by Gasteiger charge is -2.59. The number of carbonyl (C=O) groups excluding carboxylic acids is 1. The fourth-order valence-corrected chi connectivity index (χ4v) is 6.11. The van der Waals surface area contributed by atoms with E-state index in [9.17, 15) is 25.0 Å². The van der Waals surface area contributed by atoms with Gasteiger partial charge in [0.1, 0.15) is 5.56 Å². The molecule has 1 amide bonds. The van der Waals surface area contributed by atoms with Crippen molar-refractivity contribution < 1.29 is 14.6 Å². The van der Waals surface area contributed by atoms with E-state index in [1.54, 1.807) is 0 Å². The van der Waals surface area contributed by atoms with Gasteiger partial charge in [-0.1, -0.05) is 0 Å². The standard InChI is InChI=1S/C19H23N3O5/c1-11(19-8-12-4-13(9-19)6-14(5-12)10-19)20-18(23)16-3-2-15(21(24)25)7-17(16)22(26)27/h2-3,7,11-14H,4-6,8-10H2,1H3,(H,20,23). The van der Waals surface area contributed by atoms with Crippen molar-refractivity contribution in [3.05, 3.63) is 44.0 Å². The van der Waals surface area contributed by atoms with Gasteiger partial charge < -0.3 is 5.32 Å². The average Bonchev–Trinajstić information content (AvgIpc) is 2.59. The molecule has 0 aromatic heterocycles. The SMILES string of the molecule is CC(NC(=O)c1ccc([N+](=O)[O-])cc1[N+](=O)[O-])C12CC3CC(CC(C3)C1)C2. The zero-order chi connectivity index (χ0) is 19.3. The van der Waals surface area contributed by atoms with Crippen molar-refractivity contribution in [2.75, 3.05) is 0 Å². The van der Waals surface area contributed by atoms with E-state index in [-0.39, 0.29) is 17.0 Å². The number of nitro benzene ring substituents is 2. The smallest absolute Gasteiger partial charge is 0.289 e. The minimum absolute atomic E-state index is 0.0757. The van der Waals surface area contributed by atoms with Gasteiger partial charge in [-0.05, 0) is 74.7 Å². The van der Waals surface area contributed by atoms with Crippen molar-refractivity contribution in [1.82, 2.24) is 5.32 Å². The summed E-state index contributed by atoms with van der Waals surface area (Å²) in [6.07, 6.45) is 7.24. The van der Waals surface area contributed by atoms with Crippen LogP contribution in [-0.4, -0.2) is 21.8 Å². The van der Waals surface area contributed by atoms with Gasteiger partial charge in [0.2, 0.25) is 0 Å². The van der Waals surface area contributed by atoms with E-state index in [1.165, 1.54) is 25.3 Å². The fraction of sp³-hybridized carbons (Fsp3) is 0.632. The number of carbonyl (C=O) groups is 1. The number of nitrogens with one attached hydrogen (secondary N) is 1. The first kappa shape index (κ1) is 17.9. The van der Waals surface area contributed by atoms with Gasteiger partial charge in [-0.25, -0.2) is 0 Å². The monoisotopic (exact) mass is 373 g/mol. The third-order valence-corrected chi connectivity index (χ3v) is 6.99. The Kier molecular flexibility index (Phi) is 4.16. The number of amides is 1. The number of nitro groups is 2. The maximum atomic E-state index is 12.8. The lowest BCUT2D eigenvalue weighted by Crippen LogP contribution is -2.55. The highest BCUT2D eigenvalue weighted by Gasteiger charge is 2.53. The first-order chi connectivity index (χ1) is 12.8. The van der Waals surface area contributed by atoms with E-state index in [4.69, 9.17) is 0 Å². The zero-order valence-electron chi connectivity index (χ0n) is 15.2. The molecule has 4 bridgehead atoms. The molecule has 0 aliphatic heterocycles. The maximum absolute atomic E-state index is 12.8. The lowest BCUT2D eigenvalue weighted by molar-refractivity contribution is -0.394. The van der Waals surface area contributed by atoms with Crippen molar-refractivity contribution >= 4 is 17.3 Å². The van der Waals surface area contributed by atoms with E-state index in [0.717, 1.165) is 49.1 Å². The Morgan fingerprint density at radius 2 is 1.63 bits per heavy atom. The Bertz CT molecular complexity index is 786. The van der Waals surface area contributed by atoms with Crippen LogP contribution in [0.1, 0.15) is 55.8 Å². The molecule has 1 atom stereocenters. The Balaban J connectivity index is 1.56. The van der Waals surface area contributed by atoms with Gasteiger partial charge in [0.15, 0.2) is 0 Å². The molecule has 1 aromatic carbocycles. The van der Waals surface area contributed by atoms with Gasteiger partial charge in [0.25, 0.3) is 17.3 Å². The number of benzene rings is 1. The molecule has 1 N–H and O–H groups in total. The molecule has 0 heterocycles. The van der Waals surface area contributed by atoms with Gasteiger partial charge >= 0.3 is 0 Å². The predicted octanol–water partition coefficient (Wildman–Crippen LogP) is 3.84. The first-order valence-electron chi connectivity index (χ1n) is 9.51. The van der Waals surface area contributed by atoms with Crippen LogP contribution in [0.15, 0.2) is 18.2 Å². The van der Waals surface area contributed by atoms with Crippen molar-refractivity contribution in [2.24, 2.45) is 23.2 Å². The summed E-state index contributed by atoms with van der Waals surface area (Å²) in [5.41, 5.74) is -0.964. The molecule has 4 aliphatic carbocycles. The van der Waals surface area contributed by atoms with Crippen molar-refractivity contribution in [3.63, 3.8) is 0 Å². The molecule has 4 saturated carbocycles. The van der Waals surface area contributed by atoms with Crippen LogP contribution in [0.3, 0.4) is 0 Å². The van der Waals surface area contributed by atoms with E-state index in [2.05, 4.69) is 5.32 Å². The van der Waals surface area contributed by atoms with Gasteiger partial charge in [-0.2, -0.15) is 0 Å². The summed E-state index contributed by atoms with van der Waals surface area (Å²) >= 11 is 0. The number of nitrogens with zero attached hydrogens (tertiary/aromatic N) is 2. The van der Waals surface area contributed by atoms with Crippen LogP contribution in [0.25, 0.3) is 0 Å². The highest BCUT2D eigenvalue weighted by Crippen LogP contribution is 2.61. The summed E-state index contributed by atoms with van der Waals surface area (Å²) in [5.74, 6) is 1.69. The van der Waals surface area contributed by atoms with Gasteiger partial charge in [-0.3, -0.25) is 25.0 Å². The Morgan fingerprint density at radius 3 is 2.11 bits per heavy atom. The second-order valence-corrected chi connectivity index (χ2v) is 8.69. The molecule has 8 heteroatoms. The zero-order valence-corrected chi connectivity index (χ0v) is 15.2. The van der Waals surface area contributed by atoms with E-state index < -0.39 is 27.1 Å². The quantitative estimate of drug-likeness (QED) is 0.622. The molecule has 0 spiro atoms. The lowest BCUT2D eigenvalue weighted by atomic mass is 9.48. The van der Waals surface area contributed by atoms with Gasteiger partial charge in [0.05, 0.1) is 15.9 Å². The summed E-state index contributed by atoms with van der Waals surface area (Å²) < 4.78 is 0. The van der Waals surface area contributed by atoms with E-state index in [1.807, 2.05) is 6.92 Å². The molecule has 4 fully saturated rings. The van der Waals surface area contributed by atoms with Gasteiger partial charge in [-0.15, -0.1) is 0 Å². The van der Waals surface area contributed by atoms with Crippen LogP contribution in [0.4, 0.5) is 11.4 Å². The third-order valence-electron chi connectivity index (χ3n) is 6.99. The summed E-state index contributed by atoms with van der Waals surface area (Å²) in [7, 11) is 0. The molecule has 5 rings (SSSR count). The molecule has 1 aromatic rings. The van der Waals surface area contributed by atoms with Crippen molar-refractivity contribution in [1.29, 1.82) is 0 Å². The maximum Gasteiger partial charge on any atom is 0.289 e. The topological polar surface area (TPSA) is 115 Å². The number of non-ortho nitro benzene ring substituents is 1. The largest absolute Gasteiger partial charge is 0.349 e. The molecule has 144 valence electrons. The van der Waals surface area contributed by atoms with Crippen LogP contribution in [0, 0.1) is 43.4 Å². The number of rotatable bonds is 5. The normalized spacial score (nSPS) is 32.1. The number of hydrogen-bond acceptors (Lipinski definition) is 5. The second-order valence-electron chi connectivity index (χ2n) is 8.69. The molecule has 0 radical (unpaired) electrons.